The number of nitrogens with zero attached hydrogens (tertiary/aromatic N) is 1. The number of quaternary nitrogens is 1. The molecule has 0 rings (SSSR count). The van der Waals surface area contributed by atoms with E-state index in [0.717, 1.165) is 89.9 Å². The fraction of sp³-hybridized carbons (Fsp3) is 0.744. The van der Waals surface area contributed by atoms with Crippen molar-refractivity contribution < 1.29 is 37.3 Å². The zero-order chi connectivity index (χ0) is 38.4. The number of hydrogen-bond acceptors (Lipinski definition) is 7. The molecule has 0 bridgehead atoms. The van der Waals surface area contributed by atoms with Crippen LogP contribution in [0.2, 0.25) is 0 Å². The first-order valence-electron chi connectivity index (χ1n) is 20.5. The van der Waals surface area contributed by atoms with E-state index in [9.17, 15) is 14.3 Å². The second kappa shape index (κ2) is 36.2. The predicted octanol–water partition coefficient (Wildman–Crippen LogP) is 11.1. The first-order valence-corrected chi connectivity index (χ1v) is 22.0. The van der Waals surface area contributed by atoms with Crippen molar-refractivity contribution in [1.82, 2.24) is 0 Å². The van der Waals surface area contributed by atoms with E-state index in [0.29, 0.717) is 24.1 Å². The van der Waals surface area contributed by atoms with Crippen LogP contribution in [0.25, 0.3) is 0 Å². The van der Waals surface area contributed by atoms with Crippen molar-refractivity contribution in [3.63, 3.8) is 0 Å². The molecule has 52 heavy (non-hydrogen) atoms. The molecule has 0 aromatic heterocycles. The van der Waals surface area contributed by atoms with E-state index in [1.54, 1.807) is 0 Å². The molecule has 0 aromatic rings. The van der Waals surface area contributed by atoms with Gasteiger partial charge >= 0.3 is 5.97 Å². The lowest BCUT2D eigenvalue weighted by Gasteiger charge is -2.28. The summed E-state index contributed by atoms with van der Waals surface area (Å²) in [5.74, 6) is -0.357. The second-order valence-corrected chi connectivity index (χ2v) is 16.0. The van der Waals surface area contributed by atoms with Crippen LogP contribution in [0, 0.1) is 0 Å². The SMILES string of the molecule is CC/C=C\C/C=C\C/C=C\CCCCCCCCOCC(COP(=O)([O-])OCC[N+](C)(C)C)OC(=O)CCCCCCC/C=C\C/C=C\CCCC. The number of esters is 1. The van der Waals surface area contributed by atoms with E-state index in [-0.39, 0.29) is 25.8 Å². The summed E-state index contributed by atoms with van der Waals surface area (Å²) in [6.45, 7) is 5.19. The van der Waals surface area contributed by atoms with Gasteiger partial charge in [-0.3, -0.25) is 9.36 Å². The van der Waals surface area contributed by atoms with Crippen LogP contribution in [0.4, 0.5) is 0 Å². The van der Waals surface area contributed by atoms with Gasteiger partial charge in [0, 0.05) is 13.0 Å². The molecule has 2 atom stereocenters. The summed E-state index contributed by atoms with van der Waals surface area (Å²) in [4.78, 5) is 25.0. The Morgan fingerprint density at radius 3 is 1.67 bits per heavy atom. The smallest absolute Gasteiger partial charge is 0.306 e. The molecule has 0 saturated carbocycles. The number of carbonyl (C=O) groups is 1. The molecule has 0 spiro atoms. The van der Waals surface area contributed by atoms with Crippen molar-refractivity contribution in [1.29, 1.82) is 0 Å². The fourth-order valence-electron chi connectivity index (χ4n) is 5.10. The van der Waals surface area contributed by atoms with E-state index in [1.165, 1.54) is 38.5 Å². The predicted molar refractivity (Wildman–Crippen MR) is 217 cm³/mol. The van der Waals surface area contributed by atoms with E-state index >= 15 is 0 Å². The van der Waals surface area contributed by atoms with Crippen LogP contribution in [-0.4, -0.2) is 70.7 Å². The number of allylic oxidation sites excluding steroid dienone is 10. The third-order valence-electron chi connectivity index (χ3n) is 8.30. The lowest BCUT2D eigenvalue weighted by Crippen LogP contribution is -2.37. The molecule has 8 nitrogen and oxygen atoms in total. The highest BCUT2D eigenvalue weighted by Gasteiger charge is 2.20. The van der Waals surface area contributed by atoms with Crippen molar-refractivity contribution in [3.8, 4) is 0 Å². The first kappa shape index (κ1) is 50.2. The van der Waals surface area contributed by atoms with Gasteiger partial charge in [0.25, 0.3) is 7.82 Å². The van der Waals surface area contributed by atoms with Crippen molar-refractivity contribution in [3.05, 3.63) is 60.8 Å². The van der Waals surface area contributed by atoms with Crippen LogP contribution in [0.5, 0.6) is 0 Å². The van der Waals surface area contributed by atoms with Gasteiger partial charge in [0.2, 0.25) is 0 Å². The number of rotatable bonds is 37. The maximum Gasteiger partial charge on any atom is 0.306 e. The van der Waals surface area contributed by atoms with Gasteiger partial charge in [0.15, 0.2) is 0 Å². The van der Waals surface area contributed by atoms with Crippen molar-refractivity contribution in [2.75, 3.05) is 54.1 Å². The maximum atomic E-state index is 12.6. The lowest BCUT2D eigenvalue weighted by atomic mass is 10.1. The topological polar surface area (TPSA) is 94.1 Å². The van der Waals surface area contributed by atoms with Gasteiger partial charge < -0.3 is 27.9 Å². The maximum absolute atomic E-state index is 12.6. The molecule has 0 aliphatic heterocycles. The van der Waals surface area contributed by atoms with Gasteiger partial charge in [0.1, 0.15) is 19.3 Å². The molecule has 0 N–H and O–H groups in total. The molecule has 0 radical (unpaired) electrons. The summed E-state index contributed by atoms with van der Waals surface area (Å²) in [5.41, 5.74) is 0. The minimum atomic E-state index is -4.53. The van der Waals surface area contributed by atoms with Crippen LogP contribution in [0.15, 0.2) is 60.8 Å². The lowest BCUT2D eigenvalue weighted by molar-refractivity contribution is -0.870. The largest absolute Gasteiger partial charge is 0.756 e. The summed E-state index contributed by atoms with van der Waals surface area (Å²) in [7, 11) is 1.33. The molecule has 0 amide bonds. The Bertz CT molecular complexity index is 1020. The first-order chi connectivity index (χ1) is 25.1. The standard InChI is InChI=1S/C43H78NO7P/c1-6-8-10-12-14-16-18-20-22-23-25-27-29-31-33-35-38-48-40-42(41-50-52(46,47)49-39-37-44(3,4)5)51-43(45)36-34-32-30-28-26-24-21-19-17-15-13-11-9-7-2/h8,10,13-16,19-22,42H,6-7,9,11-12,17-18,23-41H2,1-5H3/b10-8-,15-13-,16-14-,21-19-,22-20-. The Morgan fingerprint density at radius 1 is 0.615 bits per heavy atom. The van der Waals surface area contributed by atoms with Crippen LogP contribution in [0.3, 0.4) is 0 Å². The number of phosphoric ester groups is 1. The molecular formula is C43H78NO7P. The zero-order valence-electron chi connectivity index (χ0n) is 34.0. The molecule has 9 heteroatoms. The Hall–Kier alpha value is -1.80. The number of likely N-dealkylation sites (N-methyl/N-ethyl adjacent to an activating group) is 1. The summed E-state index contributed by atoms with van der Waals surface area (Å²) in [6.07, 6.45) is 43.7. The quantitative estimate of drug-likeness (QED) is 0.0205. The molecule has 0 aliphatic carbocycles. The van der Waals surface area contributed by atoms with E-state index in [1.807, 2.05) is 21.1 Å². The van der Waals surface area contributed by atoms with Crippen molar-refractivity contribution in [2.24, 2.45) is 0 Å². The zero-order valence-corrected chi connectivity index (χ0v) is 34.9. The molecule has 0 saturated heterocycles. The van der Waals surface area contributed by atoms with Gasteiger partial charge in [-0.15, -0.1) is 0 Å². The molecule has 0 fully saturated rings. The highest BCUT2D eigenvalue weighted by atomic mass is 31.2. The van der Waals surface area contributed by atoms with Crippen LogP contribution in [-0.2, 0) is 27.9 Å². The second-order valence-electron chi connectivity index (χ2n) is 14.6. The van der Waals surface area contributed by atoms with Gasteiger partial charge in [-0.2, -0.15) is 0 Å². The Morgan fingerprint density at radius 2 is 1.12 bits per heavy atom. The van der Waals surface area contributed by atoms with E-state index < -0.39 is 13.9 Å². The third kappa shape index (κ3) is 39.4. The normalized spacial score (nSPS) is 14.5. The van der Waals surface area contributed by atoms with Crippen LogP contribution in [0.1, 0.15) is 149 Å². The minimum absolute atomic E-state index is 0.0176. The molecule has 2 unspecified atom stereocenters. The Labute approximate surface area is 320 Å². The molecule has 302 valence electrons. The van der Waals surface area contributed by atoms with Crippen LogP contribution < -0.4 is 4.89 Å². The summed E-state index contributed by atoms with van der Waals surface area (Å²) >= 11 is 0. The number of phosphoric acid groups is 1. The average molecular weight is 752 g/mol. The van der Waals surface area contributed by atoms with Gasteiger partial charge in [-0.1, -0.05) is 132 Å². The Balaban J connectivity index is 4.33. The molecular weight excluding hydrogens is 673 g/mol. The number of carbonyl (C=O) groups excluding carboxylic acids is 1. The fourth-order valence-corrected chi connectivity index (χ4v) is 5.83. The summed E-state index contributed by atoms with van der Waals surface area (Å²) in [6, 6.07) is 0. The van der Waals surface area contributed by atoms with Gasteiger partial charge in [-0.25, -0.2) is 0 Å². The average Bonchev–Trinajstić information content (AvgIpc) is 3.09. The summed E-state index contributed by atoms with van der Waals surface area (Å²) < 4.78 is 34.5. The third-order valence-corrected chi connectivity index (χ3v) is 9.27. The monoisotopic (exact) mass is 752 g/mol. The Kier molecular flexibility index (Phi) is 34.9. The van der Waals surface area contributed by atoms with Crippen molar-refractivity contribution >= 4 is 13.8 Å². The number of unbranched alkanes of at least 4 members (excludes halogenated alkanes) is 13. The van der Waals surface area contributed by atoms with Gasteiger partial charge in [0.05, 0.1) is 34.4 Å². The molecule has 0 aliphatic rings. The molecule has 0 heterocycles. The van der Waals surface area contributed by atoms with E-state index in [4.69, 9.17) is 18.5 Å². The highest BCUT2D eigenvalue weighted by Crippen LogP contribution is 2.38. The minimum Gasteiger partial charge on any atom is -0.756 e. The van der Waals surface area contributed by atoms with Crippen LogP contribution >= 0.6 is 7.82 Å². The molecule has 0 aromatic carbocycles. The van der Waals surface area contributed by atoms with Gasteiger partial charge in [-0.05, 0) is 70.6 Å². The van der Waals surface area contributed by atoms with Crippen molar-refractivity contribution in [2.45, 2.75) is 155 Å². The summed E-state index contributed by atoms with van der Waals surface area (Å²) in [5, 5.41) is 0. The van der Waals surface area contributed by atoms with E-state index in [2.05, 4.69) is 74.6 Å². The number of ether oxygens (including phenoxy) is 2. The highest BCUT2D eigenvalue weighted by molar-refractivity contribution is 7.45. The number of hydrogen-bond donors (Lipinski definition) is 0.